The molecule has 0 spiro atoms. The Morgan fingerprint density at radius 3 is 2.33 bits per heavy atom. The third kappa shape index (κ3) is 9.95. The van der Waals surface area contributed by atoms with Gasteiger partial charge in [-0.2, -0.15) is 0 Å². The number of hydrogen-bond acceptors (Lipinski definition) is 7. The van der Waals surface area contributed by atoms with Crippen LogP contribution in [0.2, 0.25) is 0 Å². The van der Waals surface area contributed by atoms with E-state index in [-0.39, 0.29) is 17.2 Å². The third-order valence-electron chi connectivity index (χ3n) is 8.69. The van der Waals surface area contributed by atoms with Crippen molar-refractivity contribution in [2.24, 2.45) is 7.05 Å². The van der Waals surface area contributed by atoms with Crippen molar-refractivity contribution in [3.63, 3.8) is 0 Å². The molecule has 260 valence electrons. The standard InChI is InChI=1S/C39H49N5O4S/c1-6-7-8-9-10-23-48-34-27-32(49-38-42-41-36(43(38)5)29-13-15-30(16-14-29)39(2,3)4)19-20-33(34)37(46)40-31-17-11-28(12-18-31)26-35(45)44-21-24-47-25-22-44/h11-20,27H,6-10,21-26H2,1-5H3,(H,40,46). The molecule has 10 heteroatoms. The van der Waals surface area contributed by atoms with Gasteiger partial charge in [0.1, 0.15) is 5.75 Å². The first-order valence-corrected chi connectivity index (χ1v) is 18.1. The van der Waals surface area contributed by atoms with Crippen LogP contribution in [0.3, 0.4) is 0 Å². The van der Waals surface area contributed by atoms with Crippen molar-refractivity contribution in [1.82, 2.24) is 19.7 Å². The summed E-state index contributed by atoms with van der Waals surface area (Å²) in [6.07, 6.45) is 5.89. The highest BCUT2D eigenvalue weighted by Crippen LogP contribution is 2.34. The summed E-state index contributed by atoms with van der Waals surface area (Å²) >= 11 is 1.48. The van der Waals surface area contributed by atoms with Crippen LogP contribution in [0.4, 0.5) is 5.69 Å². The molecule has 0 radical (unpaired) electrons. The molecule has 0 aliphatic carbocycles. The Morgan fingerprint density at radius 1 is 0.918 bits per heavy atom. The monoisotopic (exact) mass is 683 g/mol. The second-order valence-corrected chi connectivity index (χ2v) is 14.6. The maximum absolute atomic E-state index is 13.6. The van der Waals surface area contributed by atoms with Crippen molar-refractivity contribution >= 4 is 29.3 Å². The van der Waals surface area contributed by atoms with Crippen LogP contribution in [-0.2, 0) is 28.4 Å². The number of ether oxygens (including phenoxy) is 2. The van der Waals surface area contributed by atoms with Crippen molar-refractivity contribution in [2.45, 2.75) is 81.7 Å². The lowest BCUT2D eigenvalue weighted by molar-refractivity contribution is -0.134. The molecule has 3 aromatic carbocycles. The quantitative estimate of drug-likeness (QED) is 0.135. The van der Waals surface area contributed by atoms with Crippen LogP contribution in [0.25, 0.3) is 11.4 Å². The van der Waals surface area contributed by atoms with Gasteiger partial charge in [0.05, 0.1) is 31.8 Å². The summed E-state index contributed by atoms with van der Waals surface area (Å²) in [5.41, 5.74) is 4.36. The SMILES string of the molecule is CCCCCCCOc1cc(Sc2nnc(-c3ccc(C(C)(C)C)cc3)n2C)ccc1C(=O)Nc1ccc(CC(=O)N2CCOCC2)cc1. The van der Waals surface area contributed by atoms with Crippen molar-refractivity contribution < 1.29 is 19.1 Å². The molecule has 1 fully saturated rings. The first-order valence-electron chi connectivity index (χ1n) is 17.3. The molecule has 2 amide bonds. The highest BCUT2D eigenvalue weighted by molar-refractivity contribution is 7.99. The first-order chi connectivity index (χ1) is 23.6. The fourth-order valence-electron chi connectivity index (χ4n) is 5.64. The number of aromatic nitrogens is 3. The summed E-state index contributed by atoms with van der Waals surface area (Å²) in [4.78, 5) is 28.9. The van der Waals surface area contributed by atoms with Gasteiger partial charge >= 0.3 is 0 Å². The Balaban J connectivity index is 1.28. The van der Waals surface area contributed by atoms with E-state index in [0.717, 1.165) is 39.8 Å². The van der Waals surface area contributed by atoms with Gasteiger partial charge in [0, 0.05) is 36.3 Å². The van der Waals surface area contributed by atoms with Gasteiger partial charge in [-0.25, -0.2) is 0 Å². The topological polar surface area (TPSA) is 98.6 Å². The summed E-state index contributed by atoms with van der Waals surface area (Å²) in [6.45, 7) is 11.7. The molecule has 0 unspecified atom stereocenters. The third-order valence-corrected chi connectivity index (χ3v) is 9.71. The number of carbonyl (C=O) groups excluding carboxylic acids is 2. The lowest BCUT2D eigenvalue weighted by atomic mass is 9.87. The van der Waals surface area contributed by atoms with Gasteiger partial charge in [0.2, 0.25) is 5.91 Å². The number of amides is 2. The van der Waals surface area contributed by atoms with Gasteiger partial charge in [-0.15, -0.1) is 10.2 Å². The van der Waals surface area contributed by atoms with E-state index in [1.807, 2.05) is 59.0 Å². The molecular formula is C39H49N5O4S. The minimum absolute atomic E-state index is 0.0766. The predicted molar refractivity (Wildman–Crippen MR) is 195 cm³/mol. The van der Waals surface area contributed by atoms with Crippen LogP contribution in [0.5, 0.6) is 5.75 Å². The van der Waals surface area contributed by atoms with E-state index in [1.165, 1.54) is 36.6 Å². The van der Waals surface area contributed by atoms with Crippen molar-refractivity contribution in [3.8, 4) is 17.1 Å². The number of carbonyl (C=O) groups is 2. The number of anilines is 1. The zero-order valence-electron chi connectivity index (χ0n) is 29.5. The maximum atomic E-state index is 13.6. The second kappa shape index (κ2) is 17.0. The molecule has 1 aliphatic rings. The zero-order chi connectivity index (χ0) is 34.8. The summed E-state index contributed by atoms with van der Waals surface area (Å²) < 4.78 is 13.6. The van der Waals surface area contributed by atoms with Gasteiger partial charge < -0.3 is 24.3 Å². The highest BCUT2D eigenvalue weighted by Gasteiger charge is 2.20. The Hall–Kier alpha value is -4.15. The van der Waals surface area contributed by atoms with E-state index in [0.29, 0.717) is 56.3 Å². The number of benzene rings is 3. The number of unbranched alkanes of at least 4 members (excludes halogenated alkanes) is 4. The fraction of sp³-hybridized carbons (Fsp3) is 0.436. The molecule has 2 heterocycles. The van der Waals surface area contributed by atoms with Gasteiger partial charge in [-0.1, -0.05) is 89.8 Å². The minimum atomic E-state index is -0.255. The normalized spacial score (nSPS) is 13.4. The average molecular weight is 684 g/mol. The second-order valence-electron chi connectivity index (χ2n) is 13.5. The Kier molecular flexibility index (Phi) is 12.5. The molecule has 1 saturated heterocycles. The summed E-state index contributed by atoms with van der Waals surface area (Å²) in [7, 11) is 1.97. The predicted octanol–water partition coefficient (Wildman–Crippen LogP) is 7.93. The lowest BCUT2D eigenvalue weighted by Crippen LogP contribution is -2.41. The molecular weight excluding hydrogens is 635 g/mol. The average Bonchev–Trinajstić information content (AvgIpc) is 3.46. The summed E-state index contributed by atoms with van der Waals surface area (Å²) in [5, 5.41) is 12.7. The molecule has 49 heavy (non-hydrogen) atoms. The largest absolute Gasteiger partial charge is 0.493 e. The van der Waals surface area contributed by atoms with Crippen LogP contribution in [-0.4, -0.2) is 64.4 Å². The van der Waals surface area contributed by atoms with E-state index in [2.05, 4.69) is 67.5 Å². The van der Waals surface area contributed by atoms with Crippen molar-refractivity contribution in [2.75, 3.05) is 38.2 Å². The molecule has 1 aliphatic heterocycles. The van der Waals surface area contributed by atoms with E-state index in [1.54, 1.807) is 0 Å². The zero-order valence-corrected chi connectivity index (χ0v) is 30.3. The van der Waals surface area contributed by atoms with Crippen LogP contribution in [0.1, 0.15) is 81.3 Å². The van der Waals surface area contributed by atoms with E-state index in [9.17, 15) is 9.59 Å². The van der Waals surface area contributed by atoms with Crippen LogP contribution < -0.4 is 10.1 Å². The van der Waals surface area contributed by atoms with Crippen molar-refractivity contribution in [3.05, 3.63) is 83.4 Å². The Labute approximate surface area is 294 Å². The van der Waals surface area contributed by atoms with Crippen LogP contribution >= 0.6 is 11.8 Å². The fourth-order valence-corrected chi connectivity index (χ4v) is 6.46. The first kappa shape index (κ1) is 36.1. The molecule has 0 bridgehead atoms. The molecule has 4 aromatic rings. The van der Waals surface area contributed by atoms with Crippen LogP contribution in [0.15, 0.2) is 76.8 Å². The highest BCUT2D eigenvalue weighted by atomic mass is 32.2. The molecule has 5 rings (SSSR count). The van der Waals surface area contributed by atoms with Gasteiger partial charge in [-0.3, -0.25) is 9.59 Å². The van der Waals surface area contributed by atoms with Crippen LogP contribution in [0, 0.1) is 0 Å². The number of hydrogen-bond donors (Lipinski definition) is 1. The maximum Gasteiger partial charge on any atom is 0.259 e. The summed E-state index contributed by atoms with van der Waals surface area (Å²) in [6, 6.07) is 21.6. The van der Waals surface area contributed by atoms with E-state index in [4.69, 9.17) is 9.47 Å². The van der Waals surface area contributed by atoms with Gasteiger partial charge in [0.15, 0.2) is 11.0 Å². The van der Waals surface area contributed by atoms with Gasteiger partial charge in [0.25, 0.3) is 5.91 Å². The molecule has 1 aromatic heterocycles. The lowest BCUT2D eigenvalue weighted by Gasteiger charge is -2.26. The van der Waals surface area contributed by atoms with E-state index < -0.39 is 0 Å². The van der Waals surface area contributed by atoms with E-state index >= 15 is 0 Å². The van der Waals surface area contributed by atoms with Crippen molar-refractivity contribution in [1.29, 1.82) is 0 Å². The molecule has 0 saturated carbocycles. The molecule has 9 nitrogen and oxygen atoms in total. The Morgan fingerprint density at radius 2 is 1.63 bits per heavy atom. The number of nitrogens with zero attached hydrogens (tertiary/aromatic N) is 4. The number of nitrogens with one attached hydrogen (secondary N) is 1. The smallest absolute Gasteiger partial charge is 0.259 e. The molecule has 0 atom stereocenters. The molecule has 1 N–H and O–H groups in total. The summed E-state index contributed by atoms with van der Waals surface area (Å²) in [5.74, 6) is 1.15. The Bertz CT molecular complexity index is 1690. The van der Waals surface area contributed by atoms with Gasteiger partial charge in [-0.05, 0) is 65.1 Å². The number of rotatable bonds is 14. The number of morpholine rings is 1. The minimum Gasteiger partial charge on any atom is -0.493 e.